The second-order valence-corrected chi connectivity index (χ2v) is 4.80. The predicted octanol–water partition coefficient (Wildman–Crippen LogP) is -0.640. The summed E-state index contributed by atoms with van der Waals surface area (Å²) in [7, 11) is 0. The Labute approximate surface area is 117 Å². The average molecular weight is 277 g/mol. The van der Waals surface area contributed by atoms with Gasteiger partial charge in [-0.2, -0.15) is 0 Å². The summed E-state index contributed by atoms with van der Waals surface area (Å²) in [6, 6.07) is 7.99. The van der Waals surface area contributed by atoms with Crippen LogP contribution in [0.5, 0.6) is 0 Å². The van der Waals surface area contributed by atoms with E-state index in [2.05, 4.69) is 16.0 Å². The molecule has 1 heterocycles. The van der Waals surface area contributed by atoms with Gasteiger partial charge in [-0.05, 0) is 5.56 Å². The number of rotatable bonds is 5. The smallest absolute Gasteiger partial charge is 0.326 e. The number of hydrogen-bond acceptors (Lipinski definition) is 4. The quantitative estimate of drug-likeness (QED) is 0.575. The SMILES string of the molecule is O=C(N[C@@H](Cc1ccccc1)C(=O)O)C1CNCCN1. The van der Waals surface area contributed by atoms with Crippen LogP contribution in [-0.2, 0) is 16.0 Å². The number of nitrogens with one attached hydrogen (secondary N) is 3. The lowest BCUT2D eigenvalue weighted by Gasteiger charge is -2.25. The molecule has 6 nitrogen and oxygen atoms in total. The summed E-state index contributed by atoms with van der Waals surface area (Å²) < 4.78 is 0. The monoisotopic (exact) mass is 277 g/mol. The van der Waals surface area contributed by atoms with E-state index in [1.165, 1.54) is 0 Å². The lowest BCUT2D eigenvalue weighted by atomic mass is 10.1. The molecule has 0 saturated carbocycles. The number of carboxylic acid groups (broad SMARTS) is 1. The van der Waals surface area contributed by atoms with Crippen molar-refractivity contribution in [1.82, 2.24) is 16.0 Å². The Bertz CT molecular complexity index is 458. The molecule has 1 aromatic rings. The first-order valence-corrected chi connectivity index (χ1v) is 6.68. The van der Waals surface area contributed by atoms with Crippen molar-refractivity contribution in [2.24, 2.45) is 0 Å². The van der Waals surface area contributed by atoms with E-state index in [9.17, 15) is 14.7 Å². The van der Waals surface area contributed by atoms with Gasteiger partial charge in [0.2, 0.25) is 5.91 Å². The Morgan fingerprint density at radius 2 is 2.05 bits per heavy atom. The molecule has 1 aliphatic heterocycles. The highest BCUT2D eigenvalue weighted by Crippen LogP contribution is 2.04. The molecule has 0 aromatic heterocycles. The lowest BCUT2D eigenvalue weighted by molar-refractivity contribution is -0.142. The molecule has 0 spiro atoms. The van der Waals surface area contributed by atoms with E-state index >= 15 is 0 Å². The van der Waals surface area contributed by atoms with Crippen molar-refractivity contribution >= 4 is 11.9 Å². The zero-order valence-corrected chi connectivity index (χ0v) is 11.1. The maximum absolute atomic E-state index is 12.0. The number of aliphatic carboxylic acids is 1. The molecule has 6 heteroatoms. The summed E-state index contributed by atoms with van der Waals surface area (Å²) >= 11 is 0. The predicted molar refractivity (Wildman–Crippen MR) is 74.4 cm³/mol. The van der Waals surface area contributed by atoms with Crippen LogP contribution in [0.3, 0.4) is 0 Å². The van der Waals surface area contributed by atoms with Crippen molar-refractivity contribution in [1.29, 1.82) is 0 Å². The maximum Gasteiger partial charge on any atom is 0.326 e. The largest absolute Gasteiger partial charge is 0.480 e. The fourth-order valence-corrected chi connectivity index (χ4v) is 2.16. The van der Waals surface area contributed by atoms with Crippen LogP contribution in [0.1, 0.15) is 5.56 Å². The van der Waals surface area contributed by atoms with E-state index < -0.39 is 12.0 Å². The minimum atomic E-state index is -1.02. The Balaban J connectivity index is 1.95. The molecular formula is C14H19N3O3. The van der Waals surface area contributed by atoms with Crippen LogP contribution in [0, 0.1) is 0 Å². The fraction of sp³-hybridized carbons (Fsp3) is 0.429. The molecule has 20 heavy (non-hydrogen) atoms. The first kappa shape index (κ1) is 14.5. The Morgan fingerprint density at radius 1 is 1.30 bits per heavy atom. The summed E-state index contributed by atoms with van der Waals surface area (Å²) in [4.78, 5) is 23.3. The zero-order chi connectivity index (χ0) is 14.4. The molecule has 1 unspecified atom stereocenters. The highest BCUT2D eigenvalue weighted by atomic mass is 16.4. The first-order valence-electron chi connectivity index (χ1n) is 6.68. The van der Waals surface area contributed by atoms with E-state index in [-0.39, 0.29) is 18.4 Å². The van der Waals surface area contributed by atoms with Gasteiger partial charge in [-0.3, -0.25) is 4.79 Å². The molecular weight excluding hydrogens is 258 g/mol. The number of amides is 1. The second kappa shape index (κ2) is 7.02. The van der Waals surface area contributed by atoms with E-state index in [4.69, 9.17) is 0 Å². The third-order valence-corrected chi connectivity index (χ3v) is 3.25. The van der Waals surface area contributed by atoms with Crippen LogP contribution in [0.4, 0.5) is 0 Å². The standard InChI is InChI=1S/C14H19N3O3/c18-13(12-9-15-6-7-16-12)17-11(14(19)20)8-10-4-2-1-3-5-10/h1-5,11-12,15-16H,6-9H2,(H,17,18)(H,19,20)/t11-,12?/m0/s1. The van der Waals surface area contributed by atoms with Gasteiger partial charge in [0, 0.05) is 26.1 Å². The van der Waals surface area contributed by atoms with E-state index in [0.29, 0.717) is 13.1 Å². The van der Waals surface area contributed by atoms with Crippen molar-refractivity contribution in [3.05, 3.63) is 35.9 Å². The Morgan fingerprint density at radius 3 is 2.65 bits per heavy atom. The van der Waals surface area contributed by atoms with Crippen molar-refractivity contribution < 1.29 is 14.7 Å². The van der Waals surface area contributed by atoms with Crippen LogP contribution in [0.25, 0.3) is 0 Å². The summed E-state index contributed by atoms with van der Waals surface area (Å²) in [6.45, 7) is 2.04. The van der Waals surface area contributed by atoms with Crippen LogP contribution in [0.2, 0.25) is 0 Å². The number of piperazine rings is 1. The molecule has 0 radical (unpaired) electrons. The van der Waals surface area contributed by atoms with Gasteiger partial charge < -0.3 is 21.1 Å². The van der Waals surface area contributed by atoms with Crippen molar-refractivity contribution in [3.8, 4) is 0 Å². The van der Waals surface area contributed by atoms with Crippen molar-refractivity contribution in [3.63, 3.8) is 0 Å². The second-order valence-electron chi connectivity index (χ2n) is 4.80. The van der Waals surface area contributed by atoms with Crippen LogP contribution in [0.15, 0.2) is 30.3 Å². The van der Waals surface area contributed by atoms with Gasteiger partial charge in [-0.25, -0.2) is 4.79 Å². The van der Waals surface area contributed by atoms with Gasteiger partial charge in [-0.15, -0.1) is 0 Å². The maximum atomic E-state index is 12.0. The minimum absolute atomic E-state index is 0.277. The zero-order valence-electron chi connectivity index (χ0n) is 11.1. The number of hydrogen-bond donors (Lipinski definition) is 4. The first-order chi connectivity index (χ1) is 9.66. The van der Waals surface area contributed by atoms with Crippen LogP contribution >= 0.6 is 0 Å². The minimum Gasteiger partial charge on any atom is -0.480 e. The molecule has 2 rings (SSSR count). The molecule has 2 atom stereocenters. The molecule has 1 fully saturated rings. The van der Waals surface area contributed by atoms with Crippen LogP contribution < -0.4 is 16.0 Å². The van der Waals surface area contributed by atoms with E-state index in [1.807, 2.05) is 30.3 Å². The van der Waals surface area contributed by atoms with Gasteiger partial charge in [-0.1, -0.05) is 30.3 Å². The van der Waals surface area contributed by atoms with Gasteiger partial charge in [0.15, 0.2) is 0 Å². The number of carbonyl (C=O) groups is 2. The highest BCUT2D eigenvalue weighted by Gasteiger charge is 2.26. The van der Waals surface area contributed by atoms with Gasteiger partial charge in [0.05, 0.1) is 6.04 Å². The summed E-state index contributed by atoms with van der Waals surface area (Å²) in [5.74, 6) is -1.30. The number of benzene rings is 1. The molecule has 1 amide bonds. The normalized spacial score (nSPS) is 20.1. The van der Waals surface area contributed by atoms with Crippen molar-refractivity contribution in [2.75, 3.05) is 19.6 Å². The van der Waals surface area contributed by atoms with Crippen LogP contribution in [-0.4, -0.2) is 48.7 Å². The van der Waals surface area contributed by atoms with E-state index in [0.717, 1.165) is 12.1 Å². The number of carbonyl (C=O) groups excluding carboxylic acids is 1. The number of carboxylic acids is 1. The van der Waals surface area contributed by atoms with E-state index in [1.54, 1.807) is 0 Å². The summed E-state index contributed by atoms with van der Waals surface area (Å²) in [5.41, 5.74) is 0.884. The molecule has 1 saturated heterocycles. The molecule has 108 valence electrons. The fourth-order valence-electron chi connectivity index (χ4n) is 2.16. The Kier molecular flexibility index (Phi) is 5.09. The Hall–Kier alpha value is -1.92. The van der Waals surface area contributed by atoms with Gasteiger partial charge in [0.1, 0.15) is 6.04 Å². The van der Waals surface area contributed by atoms with Gasteiger partial charge >= 0.3 is 5.97 Å². The summed E-state index contributed by atoms with van der Waals surface area (Å²) in [6.07, 6.45) is 0.280. The molecule has 1 aromatic carbocycles. The van der Waals surface area contributed by atoms with Crippen molar-refractivity contribution in [2.45, 2.75) is 18.5 Å². The third-order valence-electron chi connectivity index (χ3n) is 3.25. The molecule has 0 aliphatic carbocycles. The summed E-state index contributed by atoms with van der Waals surface area (Å²) in [5, 5.41) is 18.0. The third kappa shape index (κ3) is 4.04. The molecule has 0 bridgehead atoms. The average Bonchev–Trinajstić information content (AvgIpc) is 2.48. The molecule has 1 aliphatic rings. The lowest BCUT2D eigenvalue weighted by Crippen LogP contribution is -2.58. The molecule has 4 N–H and O–H groups in total. The van der Waals surface area contributed by atoms with Gasteiger partial charge in [0.25, 0.3) is 0 Å². The highest BCUT2D eigenvalue weighted by molar-refractivity contribution is 5.87. The topological polar surface area (TPSA) is 90.5 Å².